The van der Waals surface area contributed by atoms with E-state index < -0.39 is 0 Å². The van der Waals surface area contributed by atoms with E-state index in [0.29, 0.717) is 6.61 Å². The lowest BCUT2D eigenvalue weighted by Crippen LogP contribution is -2.41. The summed E-state index contributed by atoms with van der Waals surface area (Å²) in [5, 5.41) is 5.81. The lowest BCUT2D eigenvalue weighted by atomic mass is 10.1. The Bertz CT molecular complexity index is 390. The van der Waals surface area contributed by atoms with Crippen LogP contribution in [0.15, 0.2) is 24.3 Å². The summed E-state index contributed by atoms with van der Waals surface area (Å²) in [5.41, 5.74) is 1.06. The lowest BCUT2D eigenvalue weighted by Gasteiger charge is -2.18. The second-order valence-electron chi connectivity index (χ2n) is 4.65. The molecule has 0 fully saturated rings. The van der Waals surface area contributed by atoms with E-state index in [1.54, 1.807) is 0 Å². The van der Waals surface area contributed by atoms with Crippen LogP contribution in [0.1, 0.15) is 45.7 Å². The summed E-state index contributed by atoms with van der Waals surface area (Å²) in [7, 11) is 0. The van der Waals surface area contributed by atoms with Gasteiger partial charge in [-0.3, -0.25) is 0 Å². The largest absolute Gasteiger partial charge is 0.494 e. The molecule has 1 rings (SSSR count). The molecule has 2 amide bonds. The molecule has 1 aromatic carbocycles. The van der Waals surface area contributed by atoms with Crippen LogP contribution in [0.3, 0.4) is 0 Å². The highest BCUT2D eigenvalue weighted by Crippen LogP contribution is 2.17. The average Bonchev–Trinajstić information content (AvgIpc) is 2.39. The number of ether oxygens (including phenoxy) is 1. The second kappa shape index (κ2) is 7.67. The Morgan fingerprint density at radius 2 is 1.79 bits per heavy atom. The summed E-state index contributed by atoms with van der Waals surface area (Å²) >= 11 is 0. The van der Waals surface area contributed by atoms with Gasteiger partial charge in [0.2, 0.25) is 0 Å². The van der Waals surface area contributed by atoms with Gasteiger partial charge in [-0.25, -0.2) is 4.79 Å². The number of hydrogen-bond acceptors (Lipinski definition) is 2. The van der Waals surface area contributed by atoms with E-state index in [4.69, 9.17) is 4.74 Å². The van der Waals surface area contributed by atoms with Gasteiger partial charge in [0.05, 0.1) is 12.6 Å². The summed E-state index contributed by atoms with van der Waals surface area (Å²) in [4.78, 5) is 11.7. The highest BCUT2D eigenvalue weighted by Gasteiger charge is 2.10. The minimum absolute atomic E-state index is 0.0280. The summed E-state index contributed by atoms with van der Waals surface area (Å²) in [6.45, 7) is 8.61. The van der Waals surface area contributed by atoms with Gasteiger partial charge in [-0.05, 0) is 44.9 Å². The van der Waals surface area contributed by atoms with Crippen molar-refractivity contribution in [2.24, 2.45) is 0 Å². The molecule has 1 aromatic rings. The fourth-order valence-corrected chi connectivity index (χ4v) is 1.67. The van der Waals surface area contributed by atoms with Crippen LogP contribution in [0, 0.1) is 0 Å². The summed E-state index contributed by atoms with van der Waals surface area (Å²) < 4.78 is 5.39. The first-order valence-corrected chi connectivity index (χ1v) is 6.86. The minimum Gasteiger partial charge on any atom is -0.494 e. The SMILES string of the molecule is CCOc1ccc([C@H](C)NC(=O)N[C@@H](C)CC)cc1. The number of benzene rings is 1. The van der Waals surface area contributed by atoms with E-state index in [0.717, 1.165) is 17.7 Å². The number of carbonyl (C=O) groups excluding carboxylic acids is 1. The predicted molar refractivity (Wildman–Crippen MR) is 77.4 cm³/mol. The molecule has 0 heterocycles. The Balaban J connectivity index is 2.52. The topological polar surface area (TPSA) is 50.4 Å². The molecule has 0 unspecified atom stereocenters. The number of hydrogen-bond donors (Lipinski definition) is 2. The van der Waals surface area contributed by atoms with Gasteiger partial charge in [-0.1, -0.05) is 19.1 Å². The first kappa shape index (κ1) is 15.3. The van der Waals surface area contributed by atoms with Crippen molar-refractivity contribution < 1.29 is 9.53 Å². The van der Waals surface area contributed by atoms with Crippen LogP contribution in [-0.4, -0.2) is 18.7 Å². The van der Waals surface area contributed by atoms with Gasteiger partial charge in [0.15, 0.2) is 0 Å². The maximum Gasteiger partial charge on any atom is 0.315 e. The maximum absolute atomic E-state index is 11.7. The Morgan fingerprint density at radius 3 is 2.32 bits per heavy atom. The van der Waals surface area contributed by atoms with Gasteiger partial charge >= 0.3 is 6.03 Å². The maximum atomic E-state index is 11.7. The first-order valence-electron chi connectivity index (χ1n) is 6.86. The molecule has 0 bridgehead atoms. The molecule has 0 radical (unpaired) electrons. The Morgan fingerprint density at radius 1 is 1.16 bits per heavy atom. The van der Waals surface area contributed by atoms with E-state index in [1.165, 1.54) is 0 Å². The molecular weight excluding hydrogens is 240 g/mol. The van der Waals surface area contributed by atoms with Crippen molar-refractivity contribution in [3.63, 3.8) is 0 Å². The van der Waals surface area contributed by atoms with Crippen molar-refractivity contribution >= 4 is 6.03 Å². The van der Waals surface area contributed by atoms with Crippen LogP contribution >= 0.6 is 0 Å². The molecule has 0 saturated carbocycles. The van der Waals surface area contributed by atoms with Gasteiger partial charge < -0.3 is 15.4 Å². The van der Waals surface area contributed by atoms with Crippen LogP contribution < -0.4 is 15.4 Å². The van der Waals surface area contributed by atoms with Crippen LogP contribution in [0.2, 0.25) is 0 Å². The Hall–Kier alpha value is -1.71. The highest BCUT2D eigenvalue weighted by atomic mass is 16.5. The van der Waals surface area contributed by atoms with E-state index in [1.807, 2.05) is 52.0 Å². The summed E-state index contributed by atoms with van der Waals surface area (Å²) in [6, 6.07) is 7.81. The van der Waals surface area contributed by atoms with Gasteiger partial charge in [0, 0.05) is 6.04 Å². The normalized spacial score (nSPS) is 13.5. The summed E-state index contributed by atoms with van der Waals surface area (Å²) in [6.07, 6.45) is 0.921. The third-order valence-electron chi connectivity index (χ3n) is 3.03. The number of amides is 2. The molecule has 0 spiro atoms. The molecule has 0 aromatic heterocycles. The van der Waals surface area contributed by atoms with E-state index in [9.17, 15) is 4.79 Å². The Labute approximate surface area is 115 Å². The van der Waals surface area contributed by atoms with Crippen molar-refractivity contribution in [1.29, 1.82) is 0 Å². The van der Waals surface area contributed by atoms with E-state index in [2.05, 4.69) is 10.6 Å². The zero-order chi connectivity index (χ0) is 14.3. The van der Waals surface area contributed by atoms with Crippen molar-refractivity contribution in [3.05, 3.63) is 29.8 Å². The lowest BCUT2D eigenvalue weighted by molar-refractivity contribution is 0.234. The van der Waals surface area contributed by atoms with Gasteiger partial charge in [0.25, 0.3) is 0 Å². The number of rotatable bonds is 6. The monoisotopic (exact) mass is 264 g/mol. The average molecular weight is 264 g/mol. The number of carbonyl (C=O) groups is 1. The van der Waals surface area contributed by atoms with Gasteiger partial charge in [0.1, 0.15) is 5.75 Å². The molecule has 4 nitrogen and oxygen atoms in total. The fraction of sp³-hybridized carbons (Fsp3) is 0.533. The fourth-order valence-electron chi connectivity index (χ4n) is 1.67. The molecule has 2 atom stereocenters. The minimum atomic E-state index is -0.129. The molecular formula is C15H24N2O2. The highest BCUT2D eigenvalue weighted by molar-refractivity contribution is 5.74. The van der Waals surface area contributed by atoms with E-state index in [-0.39, 0.29) is 18.1 Å². The van der Waals surface area contributed by atoms with Crippen molar-refractivity contribution in [1.82, 2.24) is 10.6 Å². The molecule has 19 heavy (non-hydrogen) atoms. The van der Waals surface area contributed by atoms with Crippen molar-refractivity contribution in [2.75, 3.05) is 6.61 Å². The zero-order valence-corrected chi connectivity index (χ0v) is 12.2. The van der Waals surface area contributed by atoms with Gasteiger partial charge in [-0.15, -0.1) is 0 Å². The third-order valence-corrected chi connectivity index (χ3v) is 3.03. The molecule has 0 aliphatic rings. The quantitative estimate of drug-likeness (QED) is 0.828. The number of nitrogens with one attached hydrogen (secondary N) is 2. The molecule has 0 aliphatic carbocycles. The molecule has 0 saturated heterocycles. The molecule has 106 valence electrons. The van der Waals surface area contributed by atoms with Crippen molar-refractivity contribution in [3.8, 4) is 5.75 Å². The van der Waals surface area contributed by atoms with Crippen LogP contribution in [0.4, 0.5) is 4.79 Å². The molecule has 0 aliphatic heterocycles. The Kier molecular flexibility index (Phi) is 6.19. The standard InChI is InChI=1S/C15H24N2O2/c1-5-11(3)16-15(18)17-12(4)13-7-9-14(10-8-13)19-6-2/h7-12H,5-6H2,1-4H3,(H2,16,17,18)/t11-,12-/m0/s1. The smallest absolute Gasteiger partial charge is 0.315 e. The zero-order valence-electron chi connectivity index (χ0n) is 12.2. The predicted octanol–water partition coefficient (Wildman–Crippen LogP) is 3.24. The van der Waals surface area contributed by atoms with Crippen LogP contribution in [-0.2, 0) is 0 Å². The first-order chi connectivity index (χ1) is 9.06. The van der Waals surface area contributed by atoms with Crippen LogP contribution in [0.5, 0.6) is 5.75 Å². The van der Waals surface area contributed by atoms with Gasteiger partial charge in [-0.2, -0.15) is 0 Å². The van der Waals surface area contributed by atoms with E-state index >= 15 is 0 Å². The second-order valence-corrected chi connectivity index (χ2v) is 4.65. The number of urea groups is 1. The van der Waals surface area contributed by atoms with Crippen LogP contribution in [0.25, 0.3) is 0 Å². The molecule has 2 N–H and O–H groups in total. The van der Waals surface area contributed by atoms with Crippen molar-refractivity contribution in [2.45, 2.75) is 46.2 Å². The molecule has 4 heteroatoms. The third kappa shape index (κ3) is 5.20. The summed E-state index contributed by atoms with van der Waals surface area (Å²) in [5.74, 6) is 0.850.